The molecule has 0 fully saturated rings. The summed E-state index contributed by atoms with van der Waals surface area (Å²) in [5, 5.41) is 28.4. The van der Waals surface area contributed by atoms with Crippen molar-refractivity contribution in [2.24, 2.45) is 14.1 Å². The van der Waals surface area contributed by atoms with Crippen LogP contribution in [0.15, 0.2) is 198 Å². The van der Waals surface area contributed by atoms with Gasteiger partial charge in [-0.25, -0.2) is 19.7 Å². The van der Waals surface area contributed by atoms with Gasteiger partial charge in [-0.15, -0.1) is 0 Å². The van der Waals surface area contributed by atoms with Crippen LogP contribution in [0.5, 0.6) is 0 Å². The fraction of sp³-hybridized carbons (Fsp3) is 0.119. The first-order chi connectivity index (χ1) is 39.0. The number of carbonyl (C=O) groups is 3. The van der Waals surface area contributed by atoms with Crippen LogP contribution in [0.4, 0.5) is 45.2 Å². The van der Waals surface area contributed by atoms with Gasteiger partial charge in [0.1, 0.15) is 26.3 Å². The highest BCUT2D eigenvalue weighted by molar-refractivity contribution is 9.10. The zero-order valence-corrected chi connectivity index (χ0v) is 46.6. The van der Waals surface area contributed by atoms with Crippen molar-refractivity contribution in [2.75, 3.05) is 5.73 Å². The van der Waals surface area contributed by atoms with Crippen molar-refractivity contribution in [1.29, 1.82) is 0 Å². The van der Waals surface area contributed by atoms with Crippen molar-refractivity contribution in [3.8, 4) is 11.3 Å². The first-order valence-corrected chi connectivity index (χ1v) is 25.9. The highest BCUT2D eigenvalue weighted by Gasteiger charge is 2.31. The lowest BCUT2D eigenvalue weighted by Crippen LogP contribution is -2.29. The Balaban J connectivity index is 0.000000178. The van der Waals surface area contributed by atoms with Crippen LogP contribution in [-0.4, -0.2) is 63.9 Å². The Morgan fingerprint density at radius 3 is 1.33 bits per heavy atom. The molecule has 0 aliphatic rings. The van der Waals surface area contributed by atoms with Crippen molar-refractivity contribution in [1.82, 2.24) is 24.1 Å². The van der Waals surface area contributed by atoms with Gasteiger partial charge in [-0.1, -0.05) is 60.7 Å². The van der Waals surface area contributed by atoms with E-state index in [0.717, 1.165) is 63.8 Å². The van der Waals surface area contributed by atoms with Gasteiger partial charge in [0.25, 0.3) is 0 Å². The number of carboxylic acid groups (broad SMARTS) is 1. The monoisotopic (exact) mass is 1270 g/mol. The Kier molecular flexibility index (Phi) is 21.5. The Bertz CT molecular complexity index is 3840. The number of rotatable bonds is 9. The number of carboxylic acids is 1. The number of fused-ring (bicyclic) bond motifs is 2. The van der Waals surface area contributed by atoms with Gasteiger partial charge in [-0.2, -0.15) is 39.5 Å². The average Bonchev–Trinajstić information content (AvgIpc) is 4.24. The van der Waals surface area contributed by atoms with Gasteiger partial charge < -0.3 is 30.0 Å². The summed E-state index contributed by atoms with van der Waals surface area (Å²) < 4.78 is 116. The first kappa shape index (κ1) is 63.7. The summed E-state index contributed by atoms with van der Waals surface area (Å²) in [5.41, 5.74) is 9.33. The number of nitrogens with zero attached hydrogens (tertiary/aromatic N) is 5. The molecule has 0 saturated heterocycles. The summed E-state index contributed by atoms with van der Waals surface area (Å²) in [5.74, 6) is -1.50. The molecule has 5 heterocycles. The van der Waals surface area contributed by atoms with E-state index in [9.17, 15) is 53.9 Å². The van der Waals surface area contributed by atoms with Crippen LogP contribution in [0.25, 0.3) is 33.1 Å². The van der Waals surface area contributed by atoms with Crippen molar-refractivity contribution in [3.05, 3.63) is 242 Å². The van der Waals surface area contributed by atoms with Crippen molar-refractivity contribution >= 4 is 89.5 Å². The van der Waals surface area contributed by atoms with E-state index in [4.69, 9.17) is 20.9 Å². The molecule has 428 valence electrons. The number of hydrogen-bond acceptors (Lipinski definition) is 9. The zero-order chi connectivity index (χ0) is 60.8. The molecule has 0 spiro atoms. The molecule has 10 rings (SSSR count). The third-order valence-corrected chi connectivity index (χ3v) is 12.8. The lowest BCUT2D eigenvalue weighted by Gasteiger charge is -2.08. The van der Waals surface area contributed by atoms with Crippen LogP contribution in [0, 0.1) is 0 Å². The predicted octanol–water partition coefficient (Wildman–Crippen LogP) is 13.7. The standard InChI is InChI=1S/C23H17F3N2O.C14H9BrF3NO.C9H10BNO2.C7H6F3N.C6H4BrNO2/c1-28-12-11-17-14-16(7-10-21(17)28)19-3-2-4-20(27-19)22(29)13-15-5-8-18(9-6-15)23(24,25)26;15-13-3-1-2-11(19-13)12(20)8-9-4-6-10(7-5-9)14(16,17)18;1-11-5-4-7-6-8(10(12)13)2-3-9(7)11;8-7(9,10)5-1-3-6(11)4-2-5;7-5-3-1-2-4(8-5)6(9)10/h2-12,14H,13H2,1H3;1-7H,8H2;2-6,12-13H,1H3;1-4H,11H2;1-3H,(H,9,10). The number of pyridine rings is 3. The van der Waals surface area contributed by atoms with E-state index in [1.807, 2.05) is 78.1 Å². The van der Waals surface area contributed by atoms with Crippen LogP contribution in [0.1, 0.15) is 59.3 Å². The summed E-state index contributed by atoms with van der Waals surface area (Å²) in [6, 6.07) is 43.7. The molecule has 10 aromatic rings. The summed E-state index contributed by atoms with van der Waals surface area (Å²) in [7, 11) is 2.54. The number of benzene rings is 5. The first-order valence-electron chi connectivity index (χ1n) is 24.3. The molecule has 0 unspecified atom stereocenters. The molecule has 5 N–H and O–H groups in total. The smallest absolute Gasteiger partial charge is 0.477 e. The summed E-state index contributed by atoms with van der Waals surface area (Å²) in [6.07, 6.45) is -9.10. The van der Waals surface area contributed by atoms with Gasteiger partial charge in [0.2, 0.25) is 0 Å². The predicted molar refractivity (Wildman–Crippen MR) is 305 cm³/mol. The molecule has 5 aromatic carbocycles. The minimum absolute atomic E-state index is 0.00763. The molecule has 0 aliphatic heterocycles. The van der Waals surface area contributed by atoms with Crippen LogP contribution >= 0.6 is 31.9 Å². The Morgan fingerprint density at radius 1 is 0.506 bits per heavy atom. The van der Waals surface area contributed by atoms with Crippen LogP contribution in [-0.2, 0) is 45.5 Å². The number of halogens is 11. The lowest BCUT2D eigenvalue weighted by molar-refractivity contribution is -0.138. The maximum atomic E-state index is 12.7. The number of nitrogen functional groups attached to an aromatic ring is 1. The van der Waals surface area contributed by atoms with Crippen molar-refractivity contribution in [3.63, 3.8) is 0 Å². The van der Waals surface area contributed by atoms with E-state index in [1.54, 1.807) is 54.6 Å². The van der Waals surface area contributed by atoms with E-state index < -0.39 is 48.3 Å². The fourth-order valence-corrected chi connectivity index (χ4v) is 8.28. The number of aryl methyl sites for hydroxylation is 2. The van der Waals surface area contributed by atoms with Gasteiger partial charge in [0, 0.05) is 67.0 Å². The molecule has 0 saturated carbocycles. The Labute approximate surface area is 485 Å². The second-order valence-electron chi connectivity index (χ2n) is 17.9. The maximum absolute atomic E-state index is 12.7. The summed E-state index contributed by atoms with van der Waals surface area (Å²) in [6.45, 7) is 0. The van der Waals surface area contributed by atoms with Crippen LogP contribution in [0.2, 0.25) is 0 Å². The Morgan fingerprint density at radius 2 is 0.904 bits per heavy atom. The number of ketones is 2. The number of aromatic carboxylic acids is 1. The third-order valence-electron chi connectivity index (χ3n) is 11.9. The maximum Gasteiger partial charge on any atom is 0.488 e. The van der Waals surface area contributed by atoms with Crippen molar-refractivity contribution in [2.45, 2.75) is 31.4 Å². The normalized spacial score (nSPS) is 11.2. The topological polar surface area (TPSA) is 186 Å². The van der Waals surface area contributed by atoms with Gasteiger partial charge >= 0.3 is 31.6 Å². The van der Waals surface area contributed by atoms with Gasteiger partial charge in [0.15, 0.2) is 11.6 Å². The molecule has 12 nitrogen and oxygen atoms in total. The summed E-state index contributed by atoms with van der Waals surface area (Å²) in [4.78, 5) is 47.0. The molecule has 0 radical (unpaired) electrons. The minimum atomic E-state index is -4.39. The van der Waals surface area contributed by atoms with E-state index in [-0.39, 0.29) is 41.5 Å². The quantitative estimate of drug-likeness (QED) is 0.0356. The average molecular weight is 1280 g/mol. The summed E-state index contributed by atoms with van der Waals surface area (Å²) >= 11 is 6.21. The molecular formula is C59H46BBr2F9N6O6. The lowest BCUT2D eigenvalue weighted by atomic mass is 9.80. The number of anilines is 1. The molecule has 83 heavy (non-hydrogen) atoms. The largest absolute Gasteiger partial charge is 0.488 e. The van der Waals surface area contributed by atoms with E-state index in [1.165, 1.54) is 42.5 Å². The molecule has 0 atom stereocenters. The number of carbonyl (C=O) groups excluding carboxylic acids is 2. The van der Waals surface area contributed by atoms with Gasteiger partial charge in [0.05, 0.1) is 22.4 Å². The number of Topliss-reactive ketones (excluding diaryl/α,β-unsaturated/α-hetero) is 2. The van der Waals surface area contributed by atoms with Crippen molar-refractivity contribution < 1.29 is 69.1 Å². The highest BCUT2D eigenvalue weighted by atomic mass is 79.9. The molecule has 0 aliphatic carbocycles. The molecular weight excluding hydrogens is 1230 g/mol. The fourth-order valence-electron chi connectivity index (χ4n) is 7.59. The molecule has 24 heteroatoms. The molecule has 0 bridgehead atoms. The molecule has 5 aromatic heterocycles. The number of alkyl halides is 9. The third kappa shape index (κ3) is 18.8. The second kappa shape index (κ2) is 28.0. The number of hydrogen-bond donors (Lipinski definition) is 4. The van der Waals surface area contributed by atoms with Gasteiger partial charge in [-0.05, 0) is 169 Å². The Hall–Kier alpha value is -8.45. The SMILES string of the molecule is Cn1ccc2cc(-c3cccc(C(=O)Cc4ccc(C(F)(F)F)cc4)n3)ccc21.Cn1ccc2cc(B(O)O)ccc21.Nc1ccc(C(F)(F)F)cc1.O=C(Cc1ccc(C(F)(F)F)cc1)c1cccc(Br)n1.O=C(O)c1cccc(Br)n1. The molecule has 0 amide bonds. The zero-order valence-electron chi connectivity index (χ0n) is 43.4. The van der Waals surface area contributed by atoms with E-state index >= 15 is 0 Å². The number of aromatic nitrogens is 5. The second-order valence-corrected chi connectivity index (χ2v) is 19.6. The van der Waals surface area contributed by atoms with E-state index in [2.05, 4.69) is 46.8 Å². The van der Waals surface area contributed by atoms with Crippen LogP contribution < -0.4 is 11.2 Å². The van der Waals surface area contributed by atoms with E-state index in [0.29, 0.717) is 37.2 Å². The number of nitrogens with two attached hydrogens (primary N) is 1. The highest BCUT2D eigenvalue weighted by Crippen LogP contribution is 2.32. The van der Waals surface area contributed by atoms with Crippen LogP contribution in [0.3, 0.4) is 0 Å². The minimum Gasteiger partial charge on any atom is -0.477 e. The van der Waals surface area contributed by atoms with Gasteiger partial charge in [-0.3, -0.25) is 9.59 Å².